The van der Waals surface area contributed by atoms with Crippen molar-refractivity contribution in [2.45, 2.75) is 30.8 Å². The highest BCUT2D eigenvalue weighted by Crippen LogP contribution is 2.30. The van der Waals surface area contributed by atoms with Gasteiger partial charge in [-0.3, -0.25) is 0 Å². The Balaban J connectivity index is 1.71. The third-order valence-corrected chi connectivity index (χ3v) is 6.18. The fourth-order valence-electron chi connectivity index (χ4n) is 2.90. The van der Waals surface area contributed by atoms with Crippen molar-refractivity contribution >= 4 is 10.0 Å². The Kier molecular flexibility index (Phi) is 5.24. The van der Waals surface area contributed by atoms with Gasteiger partial charge in [0.2, 0.25) is 15.9 Å². The topological polar surface area (TPSA) is 68.7 Å². The summed E-state index contributed by atoms with van der Waals surface area (Å²) in [6.45, 7) is 2.69. The zero-order valence-electron chi connectivity index (χ0n) is 14.4. The standard InChI is InChI=1S/C18H22N2O4S/c1-14-6-7-16(23-2)17(13-14)25(21,22)20-11-8-15(9-12-20)24-18-5-3-4-10-19-18/h3-7,10,13,15H,8-9,11-12H2,1-2H3. The van der Waals surface area contributed by atoms with E-state index in [-0.39, 0.29) is 11.0 Å². The second kappa shape index (κ2) is 7.41. The molecule has 134 valence electrons. The van der Waals surface area contributed by atoms with Gasteiger partial charge in [-0.15, -0.1) is 0 Å². The number of benzene rings is 1. The summed E-state index contributed by atoms with van der Waals surface area (Å²) in [4.78, 5) is 4.37. The number of sulfonamides is 1. The molecular weight excluding hydrogens is 340 g/mol. The highest BCUT2D eigenvalue weighted by Gasteiger charge is 2.32. The van der Waals surface area contributed by atoms with E-state index >= 15 is 0 Å². The summed E-state index contributed by atoms with van der Waals surface area (Å²) < 4.78 is 38.5. The molecule has 0 spiro atoms. The molecule has 0 atom stereocenters. The van der Waals surface area contributed by atoms with Gasteiger partial charge >= 0.3 is 0 Å². The molecule has 0 N–H and O–H groups in total. The van der Waals surface area contributed by atoms with Crippen LogP contribution in [-0.2, 0) is 10.0 Å². The Morgan fingerprint density at radius 1 is 1.16 bits per heavy atom. The SMILES string of the molecule is COc1ccc(C)cc1S(=O)(=O)N1CCC(Oc2ccccn2)CC1. The third kappa shape index (κ3) is 3.93. The zero-order valence-corrected chi connectivity index (χ0v) is 15.2. The van der Waals surface area contributed by atoms with Gasteiger partial charge in [0, 0.05) is 25.4 Å². The van der Waals surface area contributed by atoms with Crippen molar-refractivity contribution in [3.63, 3.8) is 0 Å². The second-order valence-electron chi connectivity index (χ2n) is 6.04. The number of hydrogen-bond acceptors (Lipinski definition) is 5. The monoisotopic (exact) mass is 362 g/mol. The Morgan fingerprint density at radius 3 is 2.56 bits per heavy atom. The second-order valence-corrected chi connectivity index (χ2v) is 7.95. The van der Waals surface area contributed by atoms with Gasteiger partial charge in [-0.05, 0) is 43.5 Å². The van der Waals surface area contributed by atoms with Crippen LogP contribution < -0.4 is 9.47 Å². The first kappa shape index (κ1) is 17.7. The van der Waals surface area contributed by atoms with E-state index in [1.807, 2.05) is 25.1 Å². The van der Waals surface area contributed by atoms with Gasteiger partial charge in [0.15, 0.2) is 0 Å². The van der Waals surface area contributed by atoms with Crippen molar-refractivity contribution in [2.24, 2.45) is 0 Å². The number of piperidine rings is 1. The van der Waals surface area contributed by atoms with E-state index < -0.39 is 10.0 Å². The molecule has 0 saturated carbocycles. The van der Waals surface area contributed by atoms with Gasteiger partial charge in [-0.25, -0.2) is 13.4 Å². The van der Waals surface area contributed by atoms with Crippen LogP contribution in [0.5, 0.6) is 11.6 Å². The fourth-order valence-corrected chi connectivity index (χ4v) is 4.61. The maximum absolute atomic E-state index is 13.0. The Hall–Kier alpha value is -2.12. The van der Waals surface area contributed by atoms with Crippen molar-refractivity contribution in [1.82, 2.24) is 9.29 Å². The van der Waals surface area contributed by atoms with E-state index in [0.29, 0.717) is 37.6 Å². The van der Waals surface area contributed by atoms with Gasteiger partial charge in [-0.1, -0.05) is 12.1 Å². The molecule has 1 aromatic carbocycles. The summed E-state index contributed by atoms with van der Waals surface area (Å²) in [6.07, 6.45) is 2.91. The van der Waals surface area contributed by atoms with Gasteiger partial charge in [0.05, 0.1) is 7.11 Å². The van der Waals surface area contributed by atoms with Crippen LogP contribution in [0.4, 0.5) is 0 Å². The molecule has 0 radical (unpaired) electrons. The molecule has 1 aliphatic heterocycles. The van der Waals surface area contributed by atoms with E-state index in [0.717, 1.165) is 5.56 Å². The number of aromatic nitrogens is 1. The minimum atomic E-state index is -3.59. The van der Waals surface area contributed by atoms with Crippen LogP contribution in [0, 0.1) is 6.92 Å². The predicted octanol–water partition coefficient (Wildman–Crippen LogP) is 2.63. The molecule has 1 aliphatic rings. The average Bonchev–Trinajstić information content (AvgIpc) is 2.63. The largest absolute Gasteiger partial charge is 0.495 e. The molecule has 2 heterocycles. The molecule has 1 fully saturated rings. The van der Waals surface area contributed by atoms with Gasteiger partial charge in [0.1, 0.15) is 16.7 Å². The highest BCUT2D eigenvalue weighted by molar-refractivity contribution is 7.89. The Bertz CT molecular complexity index is 816. The molecule has 0 unspecified atom stereocenters. The highest BCUT2D eigenvalue weighted by atomic mass is 32.2. The first-order valence-corrected chi connectivity index (χ1v) is 9.67. The van der Waals surface area contributed by atoms with Crippen LogP contribution >= 0.6 is 0 Å². The van der Waals surface area contributed by atoms with Crippen molar-refractivity contribution in [1.29, 1.82) is 0 Å². The van der Waals surface area contributed by atoms with Crippen LogP contribution in [0.3, 0.4) is 0 Å². The Labute approximate surface area is 148 Å². The average molecular weight is 362 g/mol. The number of nitrogens with zero attached hydrogens (tertiary/aromatic N) is 2. The van der Waals surface area contributed by atoms with Crippen LogP contribution in [-0.4, -0.2) is 44.0 Å². The smallest absolute Gasteiger partial charge is 0.246 e. The number of hydrogen-bond donors (Lipinski definition) is 0. The first-order valence-electron chi connectivity index (χ1n) is 8.23. The normalized spacial score (nSPS) is 16.6. The van der Waals surface area contributed by atoms with Crippen LogP contribution in [0.25, 0.3) is 0 Å². The van der Waals surface area contributed by atoms with Crippen molar-refractivity contribution in [3.05, 3.63) is 48.2 Å². The maximum Gasteiger partial charge on any atom is 0.246 e. The molecule has 7 heteroatoms. The molecule has 6 nitrogen and oxygen atoms in total. The molecule has 2 aromatic rings. The van der Waals surface area contributed by atoms with Crippen LogP contribution in [0.1, 0.15) is 18.4 Å². The minimum Gasteiger partial charge on any atom is -0.495 e. The summed E-state index contributed by atoms with van der Waals surface area (Å²) in [5.74, 6) is 0.946. The van der Waals surface area contributed by atoms with E-state index in [9.17, 15) is 8.42 Å². The summed E-state index contributed by atoms with van der Waals surface area (Å²) in [7, 11) is -2.10. The van der Waals surface area contributed by atoms with E-state index in [1.54, 1.807) is 24.4 Å². The number of aryl methyl sites for hydroxylation is 1. The maximum atomic E-state index is 13.0. The zero-order chi connectivity index (χ0) is 17.9. The molecule has 0 bridgehead atoms. The predicted molar refractivity (Wildman–Crippen MR) is 94.4 cm³/mol. The van der Waals surface area contributed by atoms with Crippen LogP contribution in [0.2, 0.25) is 0 Å². The van der Waals surface area contributed by atoms with E-state index in [2.05, 4.69) is 4.98 Å². The summed E-state index contributed by atoms with van der Waals surface area (Å²) in [5, 5.41) is 0. The molecule has 1 aromatic heterocycles. The van der Waals surface area contributed by atoms with Crippen LogP contribution in [0.15, 0.2) is 47.5 Å². The van der Waals surface area contributed by atoms with Crippen molar-refractivity contribution in [2.75, 3.05) is 20.2 Å². The quantitative estimate of drug-likeness (QED) is 0.818. The van der Waals surface area contributed by atoms with Crippen molar-refractivity contribution < 1.29 is 17.9 Å². The molecule has 3 rings (SSSR count). The minimum absolute atomic E-state index is 0.0271. The van der Waals surface area contributed by atoms with E-state index in [1.165, 1.54) is 11.4 Å². The lowest BCUT2D eigenvalue weighted by molar-refractivity contribution is 0.130. The lowest BCUT2D eigenvalue weighted by Gasteiger charge is -2.31. The lowest BCUT2D eigenvalue weighted by atomic mass is 10.1. The van der Waals surface area contributed by atoms with E-state index in [4.69, 9.17) is 9.47 Å². The van der Waals surface area contributed by atoms with Gasteiger partial charge < -0.3 is 9.47 Å². The summed E-state index contributed by atoms with van der Waals surface area (Å²) in [6, 6.07) is 10.7. The number of methoxy groups -OCH3 is 1. The number of pyridine rings is 1. The molecule has 0 aliphatic carbocycles. The van der Waals surface area contributed by atoms with Gasteiger partial charge in [0.25, 0.3) is 0 Å². The molecule has 0 amide bonds. The molecular formula is C18H22N2O4S. The Morgan fingerprint density at radius 2 is 1.92 bits per heavy atom. The summed E-state index contributed by atoms with van der Waals surface area (Å²) >= 11 is 0. The fraction of sp³-hybridized carbons (Fsp3) is 0.389. The van der Waals surface area contributed by atoms with Gasteiger partial charge in [-0.2, -0.15) is 4.31 Å². The molecule has 1 saturated heterocycles. The lowest BCUT2D eigenvalue weighted by Crippen LogP contribution is -2.41. The first-order chi connectivity index (χ1) is 12.0. The van der Waals surface area contributed by atoms with Crippen molar-refractivity contribution in [3.8, 4) is 11.6 Å². The number of ether oxygens (including phenoxy) is 2. The molecule has 25 heavy (non-hydrogen) atoms. The summed E-state index contributed by atoms with van der Waals surface area (Å²) in [5.41, 5.74) is 0.882. The third-order valence-electron chi connectivity index (χ3n) is 4.26. The number of rotatable bonds is 5.